The van der Waals surface area contributed by atoms with Crippen LogP contribution in [-0.2, 0) is 0 Å². The molecule has 2 rings (SSSR count). The molecule has 2 nitrogen and oxygen atoms in total. The smallest absolute Gasteiger partial charge is 0.141 e. The van der Waals surface area contributed by atoms with Crippen LogP contribution < -0.4 is 5.73 Å². The molecule has 0 aliphatic rings. The Hall–Kier alpha value is -1.61. The van der Waals surface area contributed by atoms with Gasteiger partial charge in [-0.3, -0.25) is 4.98 Å². The van der Waals surface area contributed by atoms with Gasteiger partial charge in [0.2, 0.25) is 0 Å². The Morgan fingerprint density at radius 1 is 1.25 bits per heavy atom. The van der Waals surface area contributed by atoms with Crippen LogP contribution >= 0.6 is 11.6 Å². The molecule has 1 heterocycles. The van der Waals surface area contributed by atoms with E-state index in [9.17, 15) is 4.39 Å². The molecule has 0 bridgehead atoms. The van der Waals surface area contributed by atoms with Gasteiger partial charge in [-0.1, -0.05) is 11.6 Å². The van der Waals surface area contributed by atoms with Gasteiger partial charge in [-0.25, -0.2) is 4.39 Å². The molecule has 0 amide bonds. The highest BCUT2D eigenvalue weighted by Gasteiger charge is 2.05. The third-order valence-electron chi connectivity index (χ3n) is 2.34. The third kappa shape index (κ3) is 1.99. The lowest BCUT2D eigenvalue weighted by atomic mass is 10.1. The van der Waals surface area contributed by atoms with Crippen molar-refractivity contribution in [2.24, 2.45) is 0 Å². The summed E-state index contributed by atoms with van der Waals surface area (Å²) in [5.74, 6) is -0.433. The van der Waals surface area contributed by atoms with Gasteiger partial charge in [0.1, 0.15) is 5.82 Å². The van der Waals surface area contributed by atoms with Gasteiger partial charge >= 0.3 is 0 Å². The van der Waals surface area contributed by atoms with Crippen LogP contribution in [0.15, 0.2) is 30.3 Å². The van der Waals surface area contributed by atoms with E-state index in [-0.39, 0.29) is 5.02 Å². The van der Waals surface area contributed by atoms with Crippen molar-refractivity contribution in [2.75, 3.05) is 5.73 Å². The molecule has 4 heteroatoms. The number of nitrogen functional groups attached to an aromatic ring is 1. The number of hydrogen-bond acceptors (Lipinski definition) is 2. The standard InChI is InChI=1S/C12H10ClFN2/c1-7-11(15)4-5-12(16-7)8-2-3-10(14)9(13)6-8/h2-6H,15H2,1H3. The van der Waals surface area contributed by atoms with E-state index >= 15 is 0 Å². The SMILES string of the molecule is Cc1nc(-c2ccc(F)c(Cl)c2)ccc1N. The molecule has 0 aliphatic carbocycles. The van der Waals surface area contributed by atoms with Gasteiger partial charge in [0.15, 0.2) is 0 Å². The predicted octanol–water partition coefficient (Wildman–Crippen LogP) is 3.43. The van der Waals surface area contributed by atoms with Crippen molar-refractivity contribution in [1.29, 1.82) is 0 Å². The fourth-order valence-electron chi connectivity index (χ4n) is 1.39. The zero-order valence-corrected chi connectivity index (χ0v) is 9.42. The van der Waals surface area contributed by atoms with Gasteiger partial charge in [0.05, 0.1) is 22.1 Å². The summed E-state index contributed by atoms with van der Waals surface area (Å²) in [5.41, 5.74) is 8.56. The van der Waals surface area contributed by atoms with Crippen LogP contribution in [0.2, 0.25) is 5.02 Å². The first-order chi connectivity index (χ1) is 7.58. The van der Waals surface area contributed by atoms with Crippen LogP contribution in [0.5, 0.6) is 0 Å². The zero-order valence-electron chi connectivity index (χ0n) is 8.67. The largest absolute Gasteiger partial charge is 0.397 e. The number of anilines is 1. The molecular formula is C12H10ClFN2. The fourth-order valence-corrected chi connectivity index (χ4v) is 1.57. The quantitative estimate of drug-likeness (QED) is 0.824. The molecule has 0 radical (unpaired) electrons. The van der Waals surface area contributed by atoms with E-state index in [0.717, 1.165) is 17.0 Å². The van der Waals surface area contributed by atoms with Crippen LogP contribution in [-0.4, -0.2) is 4.98 Å². The van der Waals surface area contributed by atoms with E-state index < -0.39 is 5.82 Å². The van der Waals surface area contributed by atoms with Gasteiger partial charge in [0, 0.05) is 5.56 Å². The molecule has 0 saturated heterocycles. The van der Waals surface area contributed by atoms with Crippen LogP contribution in [0.4, 0.5) is 10.1 Å². The minimum atomic E-state index is -0.433. The number of aromatic nitrogens is 1. The number of benzene rings is 1. The molecule has 2 aromatic rings. The summed E-state index contributed by atoms with van der Waals surface area (Å²) >= 11 is 5.71. The Labute approximate surface area is 97.9 Å². The highest BCUT2D eigenvalue weighted by atomic mass is 35.5. The maximum absolute atomic E-state index is 13.0. The summed E-state index contributed by atoms with van der Waals surface area (Å²) in [6.07, 6.45) is 0. The van der Waals surface area contributed by atoms with E-state index in [4.69, 9.17) is 17.3 Å². The Balaban J connectivity index is 2.50. The van der Waals surface area contributed by atoms with Gasteiger partial charge in [-0.15, -0.1) is 0 Å². The van der Waals surface area contributed by atoms with E-state index in [0.29, 0.717) is 5.69 Å². The second-order valence-electron chi connectivity index (χ2n) is 3.50. The highest BCUT2D eigenvalue weighted by molar-refractivity contribution is 6.31. The van der Waals surface area contributed by atoms with Gasteiger partial charge in [0.25, 0.3) is 0 Å². The first kappa shape index (κ1) is 10.9. The average molecular weight is 237 g/mol. The van der Waals surface area contributed by atoms with Gasteiger partial charge in [-0.05, 0) is 37.3 Å². The molecular weight excluding hydrogens is 227 g/mol. The first-order valence-corrected chi connectivity index (χ1v) is 5.14. The minimum absolute atomic E-state index is 0.0915. The van der Waals surface area contributed by atoms with E-state index in [1.54, 1.807) is 24.3 Å². The molecule has 0 unspecified atom stereocenters. The lowest BCUT2D eigenvalue weighted by molar-refractivity contribution is 0.628. The Morgan fingerprint density at radius 3 is 2.62 bits per heavy atom. The number of halogens is 2. The van der Waals surface area contributed by atoms with Crippen LogP contribution in [0.3, 0.4) is 0 Å². The van der Waals surface area contributed by atoms with E-state index in [1.807, 2.05) is 6.92 Å². The number of pyridine rings is 1. The average Bonchev–Trinajstić information content (AvgIpc) is 2.26. The van der Waals surface area contributed by atoms with Crippen molar-refractivity contribution < 1.29 is 4.39 Å². The summed E-state index contributed by atoms with van der Waals surface area (Å²) in [7, 11) is 0. The molecule has 2 N–H and O–H groups in total. The van der Waals surface area contributed by atoms with E-state index in [2.05, 4.69) is 4.98 Å². The molecule has 1 aromatic heterocycles. The van der Waals surface area contributed by atoms with Crippen molar-refractivity contribution >= 4 is 17.3 Å². The van der Waals surface area contributed by atoms with Crippen molar-refractivity contribution in [3.8, 4) is 11.3 Å². The van der Waals surface area contributed by atoms with Crippen molar-refractivity contribution in [1.82, 2.24) is 4.98 Å². The highest BCUT2D eigenvalue weighted by Crippen LogP contribution is 2.24. The lowest BCUT2D eigenvalue weighted by Gasteiger charge is -2.05. The maximum atomic E-state index is 13.0. The zero-order chi connectivity index (χ0) is 11.7. The van der Waals surface area contributed by atoms with Crippen molar-refractivity contribution in [2.45, 2.75) is 6.92 Å². The molecule has 1 aromatic carbocycles. The van der Waals surface area contributed by atoms with Crippen LogP contribution in [0.1, 0.15) is 5.69 Å². The lowest BCUT2D eigenvalue weighted by Crippen LogP contribution is -1.94. The molecule has 16 heavy (non-hydrogen) atoms. The first-order valence-electron chi connectivity index (χ1n) is 4.76. The number of aryl methyl sites for hydroxylation is 1. The maximum Gasteiger partial charge on any atom is 0.141 e. The molecule has 0 saturated carbocycles. The Kier molecular flexibility index (Phi) is 2.79. The molecule has 82 valence electrons. The van der Waals surface area contributed by atoms with Crippen LogP contribution in [0, 0.1) is 12.7 Å². The van der Waals surface area contributed by atoms with Gasteiger partial charge in [-0.2, -0.15) is 0 Å². The summed E-state index contributed by atoms with van der Waals surface area (Å²) < 4.78 is 13.0. The van der Waals surface area contributed by atoms with Gasteiger partial charge < -0.3 is 5.73 Å². The number of nitrogens with two attached hydrogens (primary N) is 1. The summed E-state index contributed by atoms with van der Waals surface area (Å²) in [6, 6.07) is 8.07. The fraction of sp³-hybridized carbons (Fsp3) is 0.0833. The molecule has 0 aliphatic heterocycles. The number of hydrogen-bond donors (Lipinski definition) is 1. The summed E-state index contributed by atoms with van der Waals surface area (Å²) in [4.78, 5) is 4.31. The second kappa shape index (κ2) is 4.10. The predicted molar refractivity (Wildman–Crippen MR) is 63.8 cm³/mol. The third-order valence-corrected chi connectivity index (χ3v) is 2.63. The number of nitrogens with zero attached hydrogens (tertiary/aromatic N) is 1. The Morgan fingerprint density at radius 2 is 2.00 bits per heavy atom. The van der Waals surface area contributed by atoms with E-state index in [1.165, 1.54) is 6.07 Å². The normalized spacial score (nSPS) is 10.4. The molecule has 0 spiro atoms. The second-order valence-corrected chi connectivity index (χ2v) is 3.91. The Bertz CT molecular complexity index is 491. The molecule has 0 fully saturated rings. The van der Waals surface area contributed by atoms with Crippen molar-refractivity contribution in [3.63, 3.8) is 0 Å². The summed E-state index contributed by atoms with van der Waals surface area (Å²) in [5, 5.41) is 0.0915. The van der Waals surface area contributed by atoms with Crippen molar-refractivity contribution in [3.05, 3.63) is 46.9 Å². The number of rotatable bonds is 1. The topological polar surface area (TPSA) is 38.9 Å². The summed E-state index contributed by atoms with van der Waals surface area (Å²) in [6.45, 7) is 1.82. The molecule has 0 atom stereocenters. The minimum Gasteiger partial charge on any atom is -0.397 e. The van der Waals surface area contributed by atoms with Crippen LogP contribution in [0.25, 0.3) is 11.3 Å². The monoisotopic (exact) mass is 236 g/mol.